The molecular formula is C18H18FN7OS. The van der Waals surface area contributed by atoms with Gasteiger partial charge in [-0.15, -0.1) is 10.2 Å². The Kier molecular flexibility index (Phi) is 6.22. The van der Waals surface area contributed by atoms with E-state index in [-0.39, 0.29) is 17.6 Å². The van der Waals surface area contributed by atoms with Gasteiger partial charge in [-0.1, -0.05) is 42.1 Å². The van der Waals surface area contributed by atoms with E-state index in [1.54, 1.807) is 18.2 Å². The summed E-state index contributed by atoms with van der Waals surface area (Å²) in [6, 6.07) is 13.7. The zero-order chi connectivity index (χ0) is 19.9. The molecule has 3 aromatic rings. The molecule has 0 saturated heterocycles. The van der Waals surface area contributed by atoms with E-state index in [9.17, 15) is 9.18 Å². The van der Waals surface area contributed by atoms with Crippen molar-refractivity contribution >= 4 is 35.5 Å². The zero-order valence-electron chi connectivity index (χ0n) is 15.0. The summed E-state index contributed by atoms with van der Waals surface area (Å²) in [7, 11) is 0. The number of aryl methyl sites for hydroxylation is 1. The van der Waals surface area contributed by atoms with Crippen molar-refractivity contribution in [1.29, 1.82) is 0 Å². The third kappa shape index (κ3) is 5.07. The molecule has 0 unspecified atom stereocenters. The molecule has 4 N–H and O–H groups in total. The van der Waals surface area contributed by atoms with Crippen molar-refractivity contribution in [3.63, 3.8) is 0 Å². The Morgan fingerprint density at radius 2 is 2.11 bits per heavy atom. The highest BCUT2D eigenvalue weighted by Crippen LogP contribution is 2.17. The van der Waals surface area contributed by atoms with Gasteiger partial charge in [-0.25, -0.2) is 14.5 Å². The quantitative estimate of drug-likeness (QED) is 0.244. The van der Waals surface area contributed by atoms with E-state index in [0.717, 1.165) is 23.0 Å². The van der Waals surface area contributed by atoms with Gasteiger partial charge in [0.1, 0.15) is 5.82 Å². The number of anilines is 2. The molecule has 0 aliphatic carbocycles. The maximum atomic E-state index is 13.5. The number of hydrogen-bond acceptors (Lipinski definition) is 7. The molecule has 28 heavy (non-hydrogen) atoms. The van der Waals surface area contributed by atoms with E-state index >= 15 is 0 Å². The van der Waals surface area contributed by atoms with Crippen molar-refractivity contribution in [2.75, 3.05) is 22.3 Å². The molecule has 1 heterocycles. The molecule has 144 valence electrons. The molecule has 0 aliphatic heterocycles. The van der Waals surface area contributed by atoms with Gasteiger partial charge in [-0.2, -0.15) is 5.10 Å². The summed E-state index contributed by atoms with van der Waals surface area (Å²) in [5.41, 5.74) is 4.70. The number of benzene rings is 2. The summed E-state index contributed by atoms with van der Waals surface area (Å²) in [6.45, 7) is 1.95. The van der Waals surface area contributed by atoms with Crippen LogP contribution < -0.4 is 16.6 Å². The van der Waals surface area contributed by atoms with E-state index in [0.29, 0.717) is 10.7 Å². The number of amides is 1. The lowest BCUT2D eigenvalue weighted by Gasteiger charge is -2.06. The van der Waals surface area contributed by atoms with Crippen LogP contribution in [0.4, 0.5) is 16.0 Å². The third-order valence-electron chi connectivity index (χ3n) is 3.57. The van der Waals surface area contributed by atoms with Crippen LogP contribution in [-0.4, -0.2) is 32.7 Å². The normalized spacial score (nSPS) is 10.9. The Hall–Kier alpha value is -3.40. The van der Waals surface area contributed by atoms with Crippen LogP contribution in [0.15, 0.2) is 58.8 Å². The minimum absolute atomic E-state index is 0.113. The molecule has 1 amide bonds. The highest BCUT2D eigenvalue weighted by atomic mass is 32.2. The lowest BCUT2D eigenvalue weighted by molar-refractivity contribution is -0.113. The van der Waals surface area contributed by atoms with Crippen LogP contribution in [0.3, 0.4) is 0 Å². The first kappa shape index (κ1) is 19.4. The van der Waals surface area contributed by atoms with Gasteiger partial charge in [0, 0.05) is 11.3 Å². The highest BCUT2D eigenvalue weighted by molar-refractivity contribution is 7.99. The fourth-order valence-electron chi connectivity index (χ4n) is 2.24. The maximum absolute atomic E-state index is 13.5. The first-order chi connectivity index (χ1) is 13.5. The summed E-state index contributed by atoms with van der Waals surface area (Å²) in [5.74, 6) is 5.59. The van der Waals surface area contributed by atoms with E-state index in [1.807, 2.05) is 31.2 Å². The largest absolute Gasteiger partial charge is 0.334 e. The number of nitrogen functional groups attached to an aromatic ring is 1. The van der Waals surface area contributed by atoms with Gasteiger partial charge in [0.05, 0.1) is 12.0 Å². The Balaban J connectivity index is 1.54. The Bertz CT molecular complexity index is 1010. The smallest absolute Gasteiger partial charge is 0.264 e. The number of rotatable bonds is 7. The first-order valence-corrected chi connectivity index (χ1v) is 9.25. The van der Waals surface area contributed by atoms with Crippen molar-refractivity contribution in [3.05, 3.63) is 65.5 Å². The Morgan fingerprint density at radius 1 is 1.29 bits per heavy atom. The van der Waals surface area contributed by atoms with Crippen molar-refractivity contribution in [1.82, 2.24) is 14.9 Å². The standard InChI is InChI=1S/C18H18FN7OS/c1-12-5-4-7-14(9-12)22-16(27)11-28-18-25-24-17(26(18)20)23-21-10-13-6-2-3-8-15(13)19/h2-10H,11,20H2,1H3,(H,22,27)(H,23,24)/b21-10+. The summed E-state index contributed by atoms with van der Waals surface area (Å²) in [5, 5.41) is 14.8. The minimum atomic E-state index is -0.391. The molecule has 3 rings (SSSR count). The predicted molar refractivity (Wildman–Crippen MR) is 108 cm³/mol. The molecule has 8 nitrogen and oxygen atoms in total. The predicted octanol–water partition coefficient (Wildman–Crippen LogP) is 2.62. The summed E-state index contributed by atoms with van der Waals surface area (Å²) in [6.07, 6.45) is 1.31. The second kappa shape index (κ2) is 9.00. The second-order valence-corrected chi connectivity index (χ2v) is 6.72. The number of nitrogens with zero attached hydrogens (tertiary/aromatic N) is 4. The third-order valence-corrected chi connectivity index (χ3v) is 4.52. The van der Waals surface area contributed by atoms with Crippen molar-refractivity contribution in [2.45, 2.75) is 12.1 Å². The monoisotopic (exact) mass is 399 g/mol. The molecule has 0 saturated carbocycles. The fourth-order valence-corrected chi connectivity index (χ4v) is 2.90. The van der Waals surface area contributed by atoms with Crippen molar-refractivity contribution in [3.8, 4) is 0 Å². The lowest BCUT2D eigenvalue weighted by Crippen LogP contribution is -2.17. The number of carbonyl (C=O) groups is 1. The van der Waals surface area contributed by atoms with Gasteiger partial charge in [-0.3, -0.25) is 4.79 Å². The second-order valence-electron chi connectivity index (χ2n) is 5.77. The van der Waals surface area contributed by atoms with Crippen LogP contribution in [0.2, 0.25) is 0 Å². The minimum Gasteiger partial charge on any atom is -0.334 e. The van der Waals surface area contributed by atoms with Gasteiger partial charge in [0.15, 0.2) is 0 Å². The molecule has 0 fully saturated rings. The average Bonchev–Trinajstić information content (AvgIpc) is 3.01. The number of carbonyl (C=O) groups excluding carboxylic acids is 1. The molecule has 0 atom stereocenters. The van der Waals surface area contributed by atoms with E-state index < -0.39 is 5.82 Å². The summed E-state index contributed by atoms with van der Waals surface area (Å²) >= 11 is 1.13. The molecule has 0 bridgehead atoms. The van der Waals surface area contributed by atoms with E-state index in [2.05, 4.69) is 26.0 Å². The van der Waals surface area contributed by atoms with Crippen LogP contribution in [0.5, 0.6) is 0 Å². The van der Waals surface area contributed by atoms with Crippen LogP contribution >= 0.6 is 11.8 Å². The van der Waals surface area contributed by atoms with E-state index in [1.165, 1.54) is 17.0 Å². The van der Waals surface area contributed by atoms with Crippen molar-refractivity contribution in [2.24, 2.45) is 5.10 Å². The first-order valence-electron chi connectivity index (χ1n) is 8.26. The number of aromatic nitrogens is 3. The lowest BCUT2D eigenvalue weighted by atomic mass is 10.2. The number of halogens is 1. The molecule has 2 aromatic carbocycles. The SMILES string of the molecule is Cc1cccc(NC(=O)CSc2nnc(N/N=C/c3ccccc3F)n2N)c1. The molecule has 0 spiro atoms. The summed E-state index contributed by atoms with van der Waals surface area (Å²) in [4.78, 5) is 12.1. The number of thioether (sulfide) groups is 1. The fraction of sp³-hybridized carbons (Fsp3) is 0.111. The van der Waals surface area contributed by atoms with Gasteiger partial charge < -0.3 is 11.2 Å². The Morgan fingerprint density at radius 3 is 2.89 bits per heavy atom. The van der Waals surface area contributed by atoms with Gasteiger partial charge in [0.25, 0.3) is 5.95 Å². The topological polar surface area (TPSA) is 110 Å². The maximum Gasteiger partial charge on any atom is 0.264 e. The highest BCUT2D eigenvalue weighted by Gasteiger charge is 2.12. The number of hydrazone groups is 1. The van der Waals surface area contributed by atoms with Gasteiger partial charge in [-0.05, 0) is 30.7 Å². The van der Waals surface area contributed by atoms with Crippen LogP contribution in [0.1, 0.15) is 11.1 Å². The van der Waals surface area contributed by atoms with Gasteiger partial charge in [0.2, 0.25) is 11.1 Å². The number of nitrogens with one attached hydrogen (secondary N) is 2. The van der Waals surface area contributed by atoms with Crippen LogP contribution in [-0.2, 0) is 4.79 Å². The van der Waals surface area contributed by atoms with Crippen LogP contribution in [0, 0.1) is 12.7 Å². The average molecular weight is 399 g/mol. The van der Waals surface area contributed by atoms with Gasteiger partial charge >= 0.3 is 0 Å². The van der Waals surface area contributed by atoms with E-state index in [4.69, 9.17) is 5.84 Å². The molecule has 0 aliphatic rings. The van der Waals surface area contributed by atoms with Crippen molar-refractivity contribution < 1.29 is 9.18 Å². The molecule has 0 radical (unpaired) electrons. The Labute approximate surface area is 165 Å². The van der Waals surface area contributed by atoms with Crippen LogP contribution in [0.25, 0.3) is 0 Å². The summed E-state index contributed by atoms with van der Waals surface area (Å²) < 4.78 is 14.7. The molecular weight excluding hydrogens is 381 g/mol. The zero-order valence-corrected chi connectivity index (χ0v) is 15.8. The number of nitrogens with two attached hydrogens (primary N) is 1. The molecule has 1 aromatic heterocycles. The molecule has 10 heteroatoms. The number of hydrogen-bond donors (Lipinski definition) is 3.